The summed E-state index contributed by atoms with van der Waals surface area (Å²) < 4.78 is 1.89. The van der Waals surface area contributed by atoms with Crippen molar-refractivity contribution < 1.29 is 0 Å². The molecule has 0 atom stereocenters. The first-order valence-corrected chi connectivity index (χ1v) is 3.59. The SMILES string of the molecule is C=C/N=C(/N)c1ncn(C)c1C. The maximum Gasteiger partial charge on any atom is 0.151 e. The molecule has 0 unspecified atom stereocenters. The van der Waals surface area contributed by atoms with E-state index in [4.69, 9.17) is 5.73 Å². The predicted molar refractivity (Wildman–Crippen MR) is 48.9 cm³/mol. The van der Waals surface area contributed by atoms with E-state index in [0.29, 0.717) is 5.84 Å². The van der Waals surface area contributed by atoms with E-state index < -0.39 is 0 Å². The van der Waals surface area contributed by atoms with Gasteiger partial charge in [0.15, 0.2) is 5.84 Å². The topological polar surface area (TPSA) is 56.2 Å². The Balaban J connectivity index is 3.11. The van der Waals surface area contributed by atoms with Gasteiger partial charge in [-0.2, -0.15) is 0 Å². The fraction of sp³-hybridized carbons (Fsp3) is 0.250. The highest BCUT2D eigenvalue weighted by molar-refractivity contribution is 5.96. The Morgan fingerprint density at radius 1 is 1.83 bits per heavy atom. The number of aryl methyl sites for hydroxylation is 1. The van der Waals surface area contributed by atoms with Gasteiger partial charge in [0.2, 0.25) is 0 Å². The third-order valence-electron chi connectivity index (χ3n) is 1.70. The zero-order chi connectivity index (χ0) is 9.14. The molecule has 1 rings (SSSR count). The van der Waals surface area contributed by atoms with Crippen molar-refractivity contribution in [1.29, 1.82) is 0 Å². The van der Waals surface area contributed by atoms with E-state index in [9.17, 15) is 0 Å². The number of nitrogens with zero attached hydrogens (tertiary/aromatic N) is 3. The molecule has 0 aromatic carbocycles. The van der Waals surface area contributed by atoms with Gasteiger partial charge < -0.3 is 10.3 Å². The van der Waals surface area contributed by atoms with Crippen LogP contribution < -0.4 is 5.73 Å². The van der Waals surface area contributed by atoms with E-state index in [0.717, 1.165) is 11.4 Å². The monoisotopic (exact) mass is 164 g/mol. The van der Waals surface area contributed by atoms with Crippen molar-refractivity contribution in [2.45, 2.75) is 6.92 Å². The lowest BCUT2D eigenvalue weighted by Crippen LogP contribution is -2.14. The minimum Gasteiger partial charge on any atom is -0.382 e. The minimum atomic E-state index is 0.406. The second-order valence-electron chi connectivity index (χ2n) is 2.49. The van der Waals surface area contributed by atoms with Crippen LogP contribution in [-0.2, 0) is 7.05 Å². The Hall–Kier alpha value is -1.58. The average Bonchev–Trinajstić information content (AvgIpc) is 2.34. The number of hydrogen-bond donors (Lipinski definition) is 1. The van der Waals surface area contributed by atoms with Crippen LogP contribution in [0, 0.1) is 6.92 Å². The highest BCUT2D eigenvalue weighted by Gasteiger charge is 2.06. The molecule has 1 heterocycles. The number of amidine groups is 1. The number of aliphatic imine (C=N–C) groups is 1. The highest BCUT2D eigenvalue weighted by atomic mass is 15.0. The Labute approximate surface area is 71.4 Å². The molecule has 0 fully saturated rings. The molecule has 2 N–H and O–H groups in total. The van der Waals surface area contributed by atoms with Crippen LogP contribution in [0.3, 0.4) is 0 Å². The number of rotatable bonds is 2. The Morgan fingerprint density at radius 3 is 2.92 bits per heavy atom. The van der Waals surface area contributed by atoms with Crippen LogP contribution in [0.25, 0.3) is 0 Å². The van der Waals surface area contributed by atoms with Crippen molar-refractivity contribution in [2.75, 3.05) is 0 Å². The van der Waals surface area contributed by atoms with Crippen LogP contribution in [-0.4, -0.2) is 15.4 Å². The van der Waals surface area contributed by atoms with Gasteiger partial charge in [-0.05, 0) is 6.92 Å². The van der Waals surface area contributed by atoms with Gasteiger partial charge in [0.05, 0.1) is 6.33 Å². The van der Waals surface area contributed by atoms with Gasteiger partial charge in [0.25, 0.3) is 0 Å². The summed E-state index contributed by atoms with van der Waals surface area (Å²) in [6.45, 7) is 5.40. The van der Waals surface area contributed by atoms with Gasteiger partial charge in [-0.1, -0.05) is 6.58 Å². The number of nitrogens with two attached hydrogens (primary N) is 1. The normalized spacial score (nSPS) is 11.7. The molecule has 0 saturated heterocycles. The van der Waals surface area contributed by atoms with Crippen LogP contribution in [0.4, 0.5) is 0 Å². The number of hydrogen-bond acceptors (Lipinski definition) is 2. The molecule has 1 aromatic heterocycles. The number of imidazole rings is 1. The van der Waals surface area contributed by atoms with Crippen LogP contribution in [0.5, 0.6) is 0 Å². The van der Waals surface area contributed by atoms with Crippen LogP contribution >= 0.6 is 0 Å². The maximum atomic E-state index is 5.62. The van der Waals surface area contributed by atoms with Gasteiger partial charge in [-0.15, -0.1) is 0 Å². The lowest BCUT2D eigenvalue weighted by Gasteiger charge is -1.97. The summed E-state index contributed by atoms with van der Waals surface area (Å²) in [5.41, 5.74) is 7.34. The van der Waals surface area contributed by atoms with Gasteiger partial charge in [0.1, 0.15) is 5.69 Å². The first-order chi connectivity index (χ1) is 5.66. The van der Waals surface area contributed by atoms with Gasteiger partial charge in [-0.25, -0.2) is 9.98 Å². The molecule has 12 heavy (non-hydrogen) atoms. The van der Waals surface area contributed by atoms with Crippen molar-refractivity contribution in [3.63, 3.8) is 0 Å². The summed E-state index contributed by atoms with van der Waals surface area (Å²) in [4.78, 5) is 7.94. The first-order valence-electron chi connectivity index (χ1n) is 3.59. The number of aromatic nitrogens is 2. The van der Waals surface area contributed by atoms with Crippen molar-refractivity contribution in [3.8, 4) is 0 Å². The molecule has 0 aliphatic rings. The second-order valence-corrected chi connectivity index (χ2v) is 2.49. The van der Waals surface area contributed by atoms with E-state index in [1.807, 2.05) is 18.5 Å². The first kappa shape index (κ1) is 8.52. The molecule has 0 radical (unpaired) electrons. The third-order valence-corrected chi connectivity index (χ3v) is 1.70. The van der Waals surface area contributed by atoms with Gasteiger partial charge >= 0.3 is 0 Å². The molecule has 64 valence electrons. The minimum absolute atomic E-state index is 0.406. The average molecular weight is 164 g/mol. The molecule has 0 aliphatic heterocycles. The zero-order valence-corrected chi connectivity index (χ0v) is 7.28. The molecule has 0 aliphatic carbocycles. The van der Waals surface area contributed by atoms with E-state index in [1.165, 1.54) is 6.20 Å². The Morgan fingerprint density at radius 2 is 2.50 bits per heavy atom. The van der Waals surface area contributed by atoms with Gasteiger partial charge in [0, 0.05) is 18.9 Å². The highest BCUT2D eigenvalue weighted by Crippen LogP contribution is 2.03. The standard InChI is InChI=1S/C8H12N4/c1-4-10-8(9)7-6(2)12(3)5-11-7/h4-5H,1H2,2-3H3,(H2,9,10). The van der Waals surface area contributed by atoms with Crippen LogP contribution in [0.1, 0.15) is 11.4 Å². The van der Waals surface area contributed by atoms with E-state index in [1.54, 1.807) is 6.33 Å². The molecule has 0 spiro atoms. The molecule has 1 aromatic rings. The maximum absolute atomic E-state index is 5.62. The summed E-state index contributed by atoms with van der Waals surface area (Å²) in [6, 6.07) is 0. The van der Waals surface area contributed by atoms with Crippen molar-refractivity contribution in [2.24, 2.45) is 17.8 Å². The lowest BCUT2D eigenvalue weighted by atomic mass is 10.3. The van der Waals surface area contributed by atoms with E-state index in [2.05, 4.69) is 16.6 Å². The van der Waals surface area contributed by atoms with Crippen molar-refractivity contribution in [1.82, 2.24) is 9.55 Å². The fourth-order valence-electron chi connectivity index (χ4n) is 0.902. The largest absolute Gasteiger partial charge is 0.382 e. The summed E-state index contributed by atoms with van der Waals surface area (Å²) >= 11 is 0. The van der Waals surface area contributed by atoms with Crippen molar-refractivity contribution in [3.05, 3.63) is 30.5 Å². The summed E-state index contributed by atoms with van der Waals surface area (Å²) in [5.74, 6) is 0.406. The van der Waals surface area contributed by atoms with E-state index in [-0.39, 0.29) is 0 Å². The quantitative estimate of drug-likeness (QED) is 0.513. The van der Waals surface area contributed by atoms with Gasteiger partial charge in [-0.3, -0.25) is 0 Å². The predicted octanol–water partition coefficient (Wildman–Crippen LogP) is 0.577. The smallest absolute Gasteiger partial charge is 0.151 e. The van der Waals surface area contributed by atoms with Crippen LogP contribution in [0.15, 0.2) is 24.1 Å². The summed E-state index contributed by atoms with van der Waals surface area (Å²) in [7, 11) is 1.91. The third kappa shape index (κ3) is 1.37. The Bertz CT molecular complexity index is 322. The van der Waals surface area contributed by atoms with Crippen LogP contribution in [0.2, 0.25) is 0 Å². The molecular formula is C8H12N4. The molecule has 0 amide bonds. The summed E-state index contributed by atoms with van der Waals surface area (Å²) in [5, 5.41) is 0. The molecule has 4 heteroatoms. The fourth-order valence-corrected chi connectivity index (χ4v) is 0.902. The summed E-state index contributed by atoms with van der Waals surface area (Å²) in [6.07, 6.45) is 3.11. The molecular weight excluding hydrogens is 152 g/mol. The zero-order valence-electron chi connectivity index (χ0n) is 7.28. The van der Waals surface area contributed by atoms with Crippen molar-refractivity contribution >= 4 is 5.84 Å². The van der Waals surface area contributed by atoms with E-state index >= 15 is 0 Å². The second kappa shape index (κ2) is 3.21. The lowest BCUT2D eigenvalue weighted by molar-refractivity contribution is 0.873. The Kier molecular flexibility index (Phi) is 2.28. The molecule has 0 saturated carbocycles. The molecule has 0 bridgehead atoms. The molecule has 4 nitrogen and oxygen atoms in total.